The summed E-state index contributed by atoms with van der Waals surface area (Å²) in [5, 5.41) is 12.2. The Kier molecular flexibility index (Phi) is 7.27. The van der Waals surface area contributed by atoms with Crippen molar-refractivity contribution >= 4 is 23.6 Å². The second-order valence-electron chi connectivity index (χ2n) is 7.49. The van der Waals surface area contributed by atoms with Crippen LogP contribution in [0.3, 0.4) is 0 Å². The van der Waals surface area contributed by atoms with Gasteiger partial charge in [0.1, 0.15) is 11.6 Å². The molecule has 1 fully saturated rings. The van der Waals surface area contributed by atoms with E-state index in [4.69, 9.17) is 9.47 Å². The number of hydrogen-bond acceptors (Lipinski definition) is 5. The number of benzene rings is 1. The molecule has 1 N–H and O–H groups in total. The van der Waals surface area contributed by atoms with E-state index in [0.29, 0.717) is 17.9 Å². The third kappa shape index (κ3) is 5.41. The Morgan fingerprint density at radius 3 is 2.68 bits per heavy atom. The number of carbonyl (C=O) groups excluding carboxylic acids is 2. The minimum absolute atomic E-state index is 0.00633. The normalized spacial score (nSPS) is 16.1. The summed E-state index contributed by atoms with van der Waals surface area (Å²) < 4.78 is 12.9. The van der Waals surface area contributed by atoms with E-state index in [1.165, 1.54) is 0 Å². The Morgan fingerprint density at radius 2 is 2.06 bits per heavy atom. The third-order valence-corrected chi connectivity index (χ3v) is 5.34. The molecule has 3 rings (SSSR count). The van der Waals surface area contributed by atoms with Gasteiger partial charge < -0.3 is 19.4 Å². The first-order valence-corrected chi connectivity index (χ1v) is 10.4. The number of nitrogens with one attached hydrogen (secondary N) is 1. The lowest BCUT2D eigenvalue weighted by Crippen LogP contribution is -2.17. The highest BCUT2D eigenvalue weighted by molar-refractivity contribution is 6.09. The SMILES string of the molecule is CCOC(=O)c1ccc(NC(=O)/C(C#N)=C/c2cc(C)n(C[C@@H]3CCCO3)c2C)cc1. The molecule has 0 saturated carbocycles. The largest absolute Gasteiger partial charge is 0.462 e. The minimum atomic E-state index is -0.504. The number of ether oxygens (including phenoxy) is 2. The van der Waals surface area contributed by atoms with E-state index in [1.807, 2.05) is 26.0 Å². The van der Waals surface area contributed by atoms with Gasteiger partial charge in [0.05, 0.1) is 18.3 Å². The fraction of sp³-hybridized carbons (Fsp3) is 0.375. The van der Waals surface area contributed by atoms with E-state index in [9.17, 15) is 14.9 Å². The van der Waals surface area contributed by atoms with Gasteiger partial charge in [-0.05, 0) is 75.6 Å². The van der Waals surface area contributed by atoms with Crippen molar-refractivity contribution in [3.63, 3.8) is 0 Å². The van der Waals surface area contributed by atoms with Crippen LogP contribution >= 0.6 is 0 Å². The zero-order valence-corrected chi connectivity index (χ0v) is 18.1. The van der Waals surface area contributed by atoms with Crippen molar-refractivity contribution in [3.05, 3.63) is 58.4 Å². The molecule has 0 aliphatic carbocycles. The molecule has 7 nitrogen and oxygen atoms in total. The van der Waals surface area contributed by atoms with Gasteiger partial charge in [-0.2, -0.15) is 5.26 Å². The number of hydrogen-bond donors (Lipinski definition) is 1. The molecule has 7 heteroatoms. The van der Waals surface area contributed by atoms with E-state index >= 15 is 0 Å². The molecule has 2 heterocycles. The van der Waals surface area contributed by atoms with Crippen molar-refractivity contribution in [2.24, 2.45) is 0 Å². The van der Waals surface area contributed by atoms with Crippen LogP contribution in [0, 0.1) is 25.2 Å². The number of anilines is 1. The second-order valence-corrected chi connectivity index (χ2v) is 7.49. The van der Waals surface area contributed by atoms with Gasteiger partial charge in [-0.25, -0.2) is 4.79 Å². The summed E-state index contributed by atoms with van der Waals surface area (Å²) in [6.45, 7) is 7.60. The standard InChI is InChI=1S/C24H27N3O4/c1-4-30-24(29)18-7-9-21(10-8-18)26-23(28)20(14-25)13-19-12-16(2)27(17(19)3)15-22-6-5-11-31-22/h7-10,12-13,22H,4-6,11,15H2,1-3H3,(H,26,28)/b20-13+/t22-/m0/s1. The average Bonchev–Trinajstić information content (AvgIpc) is 3.36. The van der Waals surface area contributed by atoms with E-state index < -0.39 is 11.9 Å². The highest BCUT2D eigenvalue weighted by Gasteiger charge is 2.19. The molecular weight excluding hydrogens is 394 g/mol. The summed E-state index contributed by atoms with van der Waals surface area (Å²) in [6, 6.07) is 10.3. The topological polar surface area (TPSA) is 93.4 Å². The van der Waals surface area contributed by atoms with Crippen LogP contribution in [0.5, 0.6) is 0 Å². The van der Waals surface area contributed by atoms with Crippen molar-refractivity contribution in [3.8, 4) is 6.07 Å². The fourth-order valence-electron chi connectivity index (χ4n) is 3.65. The monoisotopic (exact) mass is 421 g/mol. The fourth-order valence-corrected chi connectivity index (χ4v) is 3.65. The number of aryl methyl sites for hydroxylation is 1. The lowest BCUT2D eigenvalue weighted by molar-refractivity contribution is -0.112. The highest BCUT2D eigenvalue weighted by atomic mass is 16.5. The molecule has 1 aromatic heterocycles. The Labute approximate surface area is 182 Å². The molecule has 0 radical (unpaired) electrons. The maximum Gasteiger partial charge on any atom is 0.338 e. The van der Waals surface area contributed by atoms with E-state index in [-0.39, 0.29) is 11.7 Å². The Hall–Kier alpha value is -3.37. The molecule has 1 aliphatic heterocycles. The lowest BCUT2D eigenvalue weighted by Gasteiger charge is -2.14. The smallest absolute Gasteiger partial charge is 0.338 e. The molecule has 1 aliphatic rings. The van der Waals surface area contributed by atoms with Crippen LogP contribution in [0.2, 0.25) is 0 Å². The highest BCUT2D eigenvalue weighted by Crippen LogP contribution is 2.22. The molecule has 1 atom stereocenters. The summed E-state index contributed by atoms with van der Waals surface area (Å²) in [6.07, 6.45) is 3.94. The number of nitrogens with zero attached hydrogens (tertiary/aromatic N) is 2. The summed E-state index contributed by atoms with van der Waals surface area (Å²) in [4.78, 5) is 24.4. The van der Waals surface area contributed by atoms with Gasteiger partial charge in [-0.3, -0.25) is 4.79 Å². The zero-order valence-electron chi connectivity index (χ0n) is 18.1. The molecule has 0 spiro atoms. The van der Waals surface area contributed by atoms with E-state index in [2.05, 4.69) is 9.88 Å². The predicted octanol–water partition coefficient (Wildman–Crippen LogP) is 4.01. The van der Waals surface area contributed by atoms with Crippen molar-refractivity contribution in [2.75, 3.05) is 18.5 Å². The summed E-state index contributed by atoms with van der Waals surface area (Å²) in [5.41, 5.74) is 3.78. The maximum atomic E-state index is 12.6. The molecule has 2 aromatic rings. The van der Waals surface area contributed by atoms with Crippen LogP contribution in [0.25, 0.3) is 6.08 Å². The van der Waals surface area contributed by atoms with Gasteiger partial charge in [0.25, 0.3) is 5.91 Å². The van der Waals surface area contributed by atoms with Crippen molar-refractivity contribution in [1.82, 2.24) is 4.57 Å². The Balaban J connectivity index is 1.73. The number of nitriles is 1. The van der Waals surface area contributed by atoms with Crippen LogP contribution in [0.1, 0.15) is 47.1 Å². The number of aromatic nitrogens is 1. The van der Waals surface area contributed by atoms with Gasteiger partial charge in [0.2, 0.25) is 0 Å². The van der Waals surface area contributed by atoms with Crippen LogP contribution in [0.15, 0.2) is 35.9 Å². The van der Waals surface area contributed by atoms with Crippen molar-refractivity contribution in [2.45, 2.75) is 46.3 Å². The Bertz CT molecular complexity index is 1020. The number of rotatable bonds is 7. The molecule has 162 valence electrons. The van der Waals surface area contributed by atoms with E-state index in [1.54, 1.807) is 37.3 Å². The molecule has 0 bridgehead atoms. The molecule has 0 unspecified atom stereocenters. The molecule has 1 saturated heterocycles. The van der Waals surface area contributed by atoms with Crippen molar-refractivity contribution in [1.29, 1.82) is 5.26 Å². The van der Waals surface area contributed by atoms with Crippen molar-refractivity contribution < 1.29 is 19.1 Å². The Morgan fingerprint density at radius 1 is 1.32 bits per heavy atom. The minimum Gasteiger partial charge on any atom is -0.462 e. The lowest BCUT2D eigenvalue weighted by atomic mass is 10.1. The van der Waals surface area contributed by atoms with Gasteiger partial charge in [-0.1, -0.05) is 0 Å². The van der Waals surface area contributed by atoms with Gasteiger partial charge in [-0.15, -0.1) is 0 Å². The quantitative estimate of drug-likeness (QED) is 0.414. The molecular formula is C24H27N3O4. The molecule has 1 aromatic carbocycles. The second kappa shape index (κ2) is 10.1. The average molecular weight is 421 g/mol. The van der Waals surface area contributed by atoms with Gasteiger partial charge in [0, 0.05) is 30.2 Å². The van der Waals surface area contributed by atoms with Crippen LogP contribution in [-0.2, 0) is 20.8 Å². The first-order valence-electron chi connectivity index (χ1n) is 10.4. The third-order valence-electron chi connectivity index (χ3n) is 5.34. The predicted molar refractivity (Wildman–Crippen MR) is 117 cm³/mol. The van der Waals surface area contributed by atoms with Gasteiger partial charge >= 0.3 is 5.97 Å². The molecule has 31 heavy (non-hydrogen) atoms. The molecule has 1 amide bonds. The summed E-state index contributed by atoms with van der Waals surface area (Å²) in [5.74, 6) is -0.924. The zero-order chi connectivity index (χ0) is 22.4. The van der Waals surface area contributed by atoms with Crippen LogP contribution in [0.4, 0.5) is 5.69 Å². The van der Waals surface area contributed by atoms with Gasteiger partial charge in [0.15, 0.2) is 0 Å². The number of esters is 1. The van der Waals surface area contributed by atoms with Crippen LogP contribution in [-0.4, -0.2) is 35.8 Å². The maximum absolute atomic E-state index is 12.6. The van der Waals surface area contributed by atoms with Crippen LogP contribution < -0.4 is 5.32 Å². The number of amides is 1. The summed E-state index contributed by atoms with van der Waals surface area (Å²) >= 11 is 0. The number of carbonyl (C=O) groups is 2. The first-order chi connectivity index (χ1) is 14.9. The van der Waals surface area contributed by atoms with E-state index in [0.717, 1.165) is 42.9 Å². The summed E-state index contributed by atoms with van der Waals surface area (Å²) in [7, 11) is 0. The first kappa shape index (κ1) is 22.3.